The summed E-state index contributed by atoms with van der Waals surface area (Å²) < 4.78 is 5.89. The molecule has 0 amide bonds. The highest BCUT2D eigenvalue weighted by molar-refractivity contribution is 5.42. The lowest BCUT2D eigenvalue weighted by molar-refractivity contribution is 0.443. The SMILES string of the molecule is Cc1ccc(C)c(Oc2nnc(C)c(C)c2CN)c1. The Bertz CT molecular complexity index is 609. The predicted octanol–water partition coefficient (Wildman–Crippen LogP) is 2.96. The van der Waals surface area contributed by atoms with Crippen molar-refractivity contribution >= 4 is 0 Å². The number of rotatable bonds is 3. The number of hydrogen-bond donors (Lipinski definition) is 1. The van der Waals surface area contributed by atoms with Crippen molar-refractivity contribution in [3.05, 3.63) is 46.1 Å². The van der Waals surface area contributed by atoms with E-state index < -0.39 is 0 Å². The van der Waals surface area contributed by atoms with Crippen molar-refractivity contribution in [1.82, 2.24) is 10.2 Å². The second kappa shape index (κ2) is 5.36. The molecule has 0 unspecified atom stereocenters. The van der Waals surface area contributed by atoms with Gasteiger partial charge in [0.1, 0.15) is 5.75 Å². The van der Waals surface area contributed by atoms with Crippen LogP contribution in [0.1, 0.15) is 27.9 Å². The van der Waals surface area contributed by atoms with Gasteiger partial charge in [-0.3, -0.25) is 0 Å². The highest BCUT2D eigenvalue weighted by atomic mass is 16.5. The van der Waals surface area contributed by atoms with Crippen molar-refractivity contribution in [3.8, 4) is 11.6 Å². The van der Waals surface area contributed by atoms with Crippen LogP contribution in [0.3, 0.4) is 0 Å². The minimum Gasteiger partial charge on any atom is -0.437 e. The third-order valence-corrected chi connectivity index (χ3v) is 3.30. The van der Waals surface area contributed by atoms with Gasteiger partial charge in [-0.1, -0.05) is 12.1 Å². The second-order valence-corrected chi connectivity index (χ2v) is 4.77. The van der Waals surface area contributed by atoms with E-state index in [9.17, 15) is 0 Å². The number of ether oxygens (including phenoxy) is 1. The highest BCUT2D eigenvalue weighted by Gasteiger charge is 2.12. The summed E-state index contributed by atoms with van der Waals surface area (Å²) in [6.07, 6.45) is 0. The maximum absolute atomic E-state index is 5.89. The van der Waals surface area contributed by atoms with Gasteiger partial charge in [-0.2, -0.15) is 5.10 Å². The van der Waals surface area contributed by atoms with Gasteiger partial charge >= 0.3 is 0 Å². The smallest absolute Gasteiger partial charge is 0.243 e. The van der Waals surface area contributed by atoms with Gasteiger partial charge in [-0.05, 0) is 50.5 Å². The van der Waals surface area contributed by atoms with Crippen molar-refractivity contribution < 1.29 is 4.74 Å². The molecule has 0 radical (unpaired) electrons. The lowest BCUT2D eigenvalue weighted by Gasteiger charge is -2.13. The highest BCUT2D eigenvalue weighted by Crippen LogP contribution is 2.28. The first-order valence-corrected chi connectivity index (χ1v) is 6.31. The molecule has 0 fully saturated rings. The van der Waals surface area contributed by atoms with Gasteiger partial charge < -0.3 is 10.5 Å². The summed E-state index contributed by atoms with van der Waals surface area (Å²) in [5, 5.41) is 8.23. The monoisotopic (exact) mass is 257 g/mol. The minimum absolute atomic E-state index is 0.391. The molecule has 1 heterocycles. The molecule has 1 aromatic carbocycles. The summed E-state index contributed by atoms with van der Waals surface area (Å²) in [5.74, 6) is 1.30. The van der Waals surface area contributed by atoms with E-state index >= 15 is 0 Å². The van der Waals surface area contributed by atoms with E-state index in [2.05, 4.69) is 16.3 Å². The normalized spacial score (nSPS) is 10.6. The molecule has 0 aliphatic carbocycles. The van der Waals surface area contributed by atoms with Gasteiger partial charge in [0.25, 0.3) is 0 Å². The first-order chi connectivity index (χ1) is 9.02. The molecule has 0 spiro atoms. The zero-order chi connectivity index (χ0) is 14.0. The molecule has 2 N–H and O–H groups in total. The van der Waals surface area contributed by atoms with E-state index in [0.717, 1.165) is 33.7 Å². The molecular formula is C15H19N3O. The molecule has 0 saturated carbocycles. The number of benzene rings is 1. The number of aryl methyl sites for hydroxylation is 3. The van der Waals surface area contributed by atoms with Crippen LogP contribution in [-0.4, -0.2) is 10.2 Å². The fourth-order valence-corrected chi connectivity index (χ4v) is 1.88. The zero-order valence-corrected chi connectivity index (χ0v) is 11.8. The molecule has 100 valence electrons. The van der Waals surface area contributed by atoms with Gasteiger partial charge in [0.05, 0.1) is 5.69 Å². The van der Waals surface area contributed by atoms with Gasteiger partial charge in [0, 0.05) is 12.1 Å². The van der Waals surface area contributed by atoms with Crippen LogP contribution in [-0.2, 0) is 6.54 Å². The summed E-state index contributed by atoms with van der Waals surface area (Å²) in [7, 11) is 0. The van der Waals surface area contributed by atoms with Gasteiger partial charge in [0.15, 0.2) is 0 Å². The first kappa shape index (κ1) is 13.5. The standard InChI is InChI=1S/C15H19N3O/c1-9-5-6-10(2)14(7-9)19-15-13(8-16)11(3)12(4)17-18-15/h5-7H,8,16H2,1-4H3. The van der Waals surface area contributed by atoms with Crippen LogP contribution in [0.4, 0.5) is 0 Å². The van der Waals surface area contributed by atoms with Crippen LogP contribution in [0.2, 0.25) is 0 Å². The molecule has 2 aromatic rings. The van der Waals surface area contributed by atoms with Crippen LogP contribution < -0.4 is 10.5 Å². The van der Waals surface area contributed by atoms with Crippen molar-refractivity contribution in [2.24, 2.45) is 5.73 Å². The maximum Gasteiger partial charge on any atom is 0.243 e. The van der Waals surface area contributed by atoms with Crippen LogP contribution >= 0.6 is 0 Å². The predicted molar refractivity (Wildman–Crippen MR) is 75.4 cm³/mol. The summed E-state index contributed by atoms with van der Waals surface area (Å²) in [6, 6.07) is 6.08. The van der Waals surface area contributed by atoms with E-state index in [1.807, 2.05) is 39.8 Å². The number of nitrogens with two attached hydrogens (primary N) is 1. The van der Waals surface area contributed by atoms with Crippen molar-refractivity contribution in [1.29, 1.82) is 0 Å². The molecular weight excluding hydrogens is 238 g/mol. The molecule has 0 saturated heterocycles. The molecule has 0 aliphatic heterocycles. The molecule has 0 bridgehead atoms. The fraction of sp³-hybridized carbons (Fsp3) is 0.333. The van der Waals surface area contributed by atoms with Crippen LogP contribution in [0.5, 0.6) is 11.6 Å². The average Bonchev–Trinajstić information content (AvgIpc) is 2.38. The number of hydrogen-bond acceptors (Lipinski definition) is 4. The molecule has 2 rings (SSSR count). The van der Waals surface area contributed by atoms with E-state index in [4.69, 9.17) is 10.5 Å². The summed E-state index contributed by atoms with van der Waals surface area (Å²) in [5.41, 5.74) is 10.8. The molecule has 0 atom stereocenters. The average molecular weight is 257 g/mol. The van der Waals surface area contributed by atoms with E-state index in [1.54, 1.807) is 0 Å². The largest absolute Gasteiger partial charge is 0.437 e. The molecule has 1 aromatic heterocycles. The third-order valence-electron chi connectivity index (χ3n) is 3.30. The summed E-state index contributed by atoms with van der Waals surface area (Å²) in [6.45, 7) is 8.33. The Morgan fingerprint density at radius 1 is 1.11 bits per heavy atom. The topological polar surface area (TPSA) is 61.0 Å². The van der Waals surface area contributed by atoms with Crippen molar-refractivity contribution in [2.45, 2.75) is 34.2 Å². The van der Waals surface area contributed by atoms with Crippen LogP contribution in [0.25, 0.3) is 0 Å². The molecule has 4 heteroatoms. The van der Waals surface area contributed by atoms with Crippen molar-refractivity contribution in [2.75, 3.05) is 0 Å². The Hall–Kier alpha value is -1.94. The van der Waals surface area contributed by atoms with Gasteiger partial charge in [-0.15, -0.1) is 5.10 Å². The first-order valence-electron chi connectivity index (χ1n) is 6.31. The quantitative estimate of drug-likeness (QED) is 0.918. The number of aromatic nitrogens is 2. The van der Waals surface area contributed by atoms with Crippen molar-refractivity contribution in [3.63, 3.8) is 0 Å². The van der Waals surface area contributed by atoms with E-state index in [1.165, 1.54) is 0 Å². The fourth-order valence-electron chi connectivity index (χ4n) is 1.88. The Labute approximate surface area is 113 Å². The van der Waals surface area contributed by atoms with Gasteiger partial charge in [0.2, 0.25) is 5.88 Å². The molecule has 4 nitrogen and oxygen atoms in total. The summed E-state index contributed by atoms with van der Waals surface area (Å²) in [4.78, 5) is 0. The lowest BCUT2D eigenvalue weighted by Crippen LogP contribution is -2.07. The third kappa shape index (κ3) is 2.74. The second-order valence-electron chi connectivity index (χ2n) is 4.77. The van der Waals surface area contributed by atoms with E-state index in [0.29, 0.717) is 12.4 Å². The Kier molecular flexibility index (Phi) is 3.81. The molecule has 0 aliphatic rings. The Morgan fingerprint density at radius 3 is 2.53 bits per heavy atom. The maximum atomic E-state index is 5.89. The Balaban J connectivity index is 2.43. The van der Waals surface area contributed by atoms with Crippen LogP contribution in [0.15, 0.2) is 18.2 Å². The minimum atomic E-state index is 0.391. The zero-order valence-electron chi connectivity index (χ0n) is 11.8. The van der Waals surface area contributed by atoms with Crippen LogP contribution in [0, 0.1) is 27.7 Å². The summed E-state index contributed by atoms with van der Waals surface area (Å²) >= 11 is 0. The lowest BCUT2D eigenvalue weighted by atomic mass is 10.1. The van der Waals surface area contributed by atoms with E-state index in [-0.39, 0.29) is 0 Å². The number of nitrogens with zero attached hydrogens (tertiary/aromatic N) is 2. The van der Waals surface area contributed by atoms with Gasteiger partial charge in [-0.25, -0.2) is 0 Å². The Morgan fingerprint density at radius 2 is 1.84 bits per heavy atom. The molecule has 19 heavy (non-hydrogen) atoms.